The first-order valence-electron chi connectivity index (χ1n) is 7.83. The van der Waals surface area contributed by atoms with Crippen LogP contribution in [0.25, 0.3) is 0 Å². The van der Waals surface area contributed by atoms with Crippen LogP contribution in [0.1, 0.15) is 13.8 Å². The maximum atomic E-state index is 12.8. The fourth-order valence-electron chi connectivity index (χ4n) is 3.10. The van der Waals surface area contributed by atoms with Crippen molar-refractivity contribution in [1.82, 2.24) is 9.80 Å². The van der Waals surface area contributed by atoms with Gasteiger partial charge in [-0.1, -0.05) is 0 Å². The maximum Gasteiger partial charge on any atom is 0.339 e. The molecule has 0 aromatic carbocycles. The third-order valence-electron chi connectivity index (χ3n) is 4.02. The van der Waals surface area contributed by atoms with E-state index in [-0.39, 0.29) is 24.7 Å². The van der Waals surface area contributed by atoms with Gasteiger partial charge in [0.05, 0.1) is 33.0 Å². The molecule has 4 atom stereocenters. The van der Waals surface area contributed by atoms with Gasteiger partial charge in [-0.3, -0.25) is 9.69 Å². The Hall–Kier alpha value is -1.32. The largest absolute Gasteiger partial charge is 0.467 e. The topological polar surface area (TPSA) is 85.4 Å². The summed E-state index contributed by atoms with van der Waals surface area (Å²) in [6.07, 6.45) is 0.0598. The number of esters is 2. The second kappa shape index (κ2) is 8.17. The molecule has 8 nitrogen and oxygen atoms in total. The van der Waals surface area contributed by atoms with E-state index in [4.69, 9.17) is 14.2 Å². The van der Waals surface area contributed by atoms with E-state index < -0.39 is 23.4 Å². The summed E-state index contributed by atoms with van der Waals surface area (Å²) in [4.78, 5) is 40.0. The molecule has 9 heteroatoms. The average Bonchev–Trinajstić information content (AvgIpc) is 2.97. The van der Waals surface area contributed by atoms with Crippen LogP contribution >= 0.6 is 11.8 Å². The summed E-state index contributed by atoms with van der Waals surface area (Å²) >= 11 is 1.21. The normalized spacial score (nSPS) is 30.9. The van der Waals surface area contributed by atoms with Crippen molar-refractivity contribution in [3.05, 3.63) is 0 Å². The van der Waals surface area contributed by atoms with E-state index in [0.29, 0.717) is 18.8 Å². The van der Waals surface area contributed by atoms with Crippen molar-refractivity contribution in [2.45, 2.75) is 37.5 Å². The van der Waals surface area contributed by atoms with Crippen molar-refractivity contribution in [2.24, 2.45) is 0 Å². The van der Waals surface area contributed by atoms with Gasteiger partial charge in [-0.2, -0.15) is 0 Å². The Labute approximate surface area is 145 Å². The predicted octanol–water partition coefficient (Wildman–Crippen LogP) is -0.288. The minimum Gasteiger partial charge on any atom is -0.467 e. The SMILES string of the molecule is COC(=O)[C@H]1SC[C@@H](C(=O)OC)N1C(=O)CN1C[C@@H](C)O[C@@H](C)C1. The lowest BCUT2D eigenvalue weighted by atomic mass is 10.2. The molecule has 1 amide bonds. The Morgan fingerprint density at radius 3 is 2.21 bits per heavy atom. The van der Waals surface area contributed by atoms with Gasteiger partial charge in [-0.05, 0) is 13.8 Å². The molecule has 2 aliphatic heterocycles. The summed E-state index contributed by atoms with van der Waals surface area (Å²) in [5.74, 6) is -1.03. The zero-order valence-corrected chi connectivity index (χ0v) is 15.2. The van der Waals surface area contributed by atoms with Crippen LogP contribution < -0.4 is 0 Å². The smallest absolute Gasteiger partial charge is 0.339 e. The van der Waals surface area contributed by atoms with Crippen molar-refractivity contribution < 1.29 is 28.6 Å². The van der Waals surface area contributed by atoms with E-state index in [2.05, 4.69) is 0 Å². The highest BCUT2D eigenvalue weighted by molar-refractivity contribution is 8.00. The molecule has 136 valence electrons. The lowest BCUT2D eigenvalue weighted by Crippen LogP contribution is -2.54. The van der Waals surface area contributed by atoms with Gasteiger partial charge >= 0.3 is 11.9 Å². The van der Waals surface area contributed by atoms with E-state index >= 15 is 0 Å². The molecule has 2 rings (SSSR count). The minimum absolute atomic E-state index is 0.0299. The molecule has 0 radical (unpaired) electrons. The molecule has 2 saturated heterocycles. The fourth-order valence-corrected chi connectivity index (χ4v) is 4.42. The number of amides is 1. The number of hydrogen-bond acceptors (Lipinski definition) is 8. The first-order chi connectivity index (χ1) is 11.4. The summed E-state index contributed by atoms with van der Waals surface area (Å²) < 4.78 is 15.2. The van der Waals surface area contributed by atoms with Crippen molar-refractivity contribution in [3.63, 3.8) is 0 Å². The number of methoxy groups -OCH3 is 2. The van der Waals surface area contributed by atoms with E-state index in [0.717, 1.165) is 0 Å². The molecule has 0 aromatic heterocycles. The lowest BCUT2D eigenvalue weighted by molar-refractivity contribution is -0.158. The fraction of sp³-hybridized carbons (Fsp3) is 0.800. The molecule has 2 heterocycles. The second-order valence-electron chi connectivity index (χ2n) is 6.00. The molecule has 0 N–H and O–H groups in total. The van der Waals surface area contributed by atoms with Gasteiger partial charge in [-0.15, -0.1) is 11.8 Å². The monoisotopic (exact) mass is 360 g/mol. The van der Waals surface area contributed by atoms with Crippen molar-refractivity contribution in [1.29, 1.82) is 0 Å². The van der Waals surface area contributed by atoms with E-state index in [1.165, 1.54) is 30.9 Å². The summed E-state index contributed by atoms with van der Waals surface area (Å²) in [6.45, 7) is 5.28. The Morgan fingerprint density at radius 2 is 1.67 bits per heavy atom. The molecule has 0 bridgehead atoms. The molecule has 0 spiro atoms. The van der Waals surface area contributed by atoms with Gasteiger partial charge in [0.1, 0.15) is 6.04 Å². The third-order valence-corrected chi connectivity index (χ3v) is 5.26. The molecule has 0 aliphatic carbocycles. The molecule has 0 saturated carbocycles. The number of carbonyl (C=O) groups is 3. The van der Waals surface area contributed by atoms with Gasteiger partial charge in [0.25, 0.3) is 0 Å². The lowest BCUT2D eigenvalue weighted by Gasteiger charge is -2.36. The Kier molecular flexibility index (Phi) is 6.47. The minimum atomic E-state index is -0.817. The van der Waals surface area contributed by atoms with Crippen LogP contribution in [0, 0.1) is 0 Å². The Morgan fingerprint density at radius 1 is 1.08 bits per heavy atom. The van der Waals surface area contributed by atoms with Gasteiger partial charge in [0.2, 0.25) is 5.91 Å². The van der Waals surface area contributed by atoms with Crippen LogP contribution in [-0.2, 0) is 28.6 Å². The molecule has 0 aromatic rings. The zero-order valence-electron chi connectivity index (χ0n) is 14.4. The van der Waals surface area contributed by atoms with Gasteiger partial charge in [0.15, 0.2) is 5.37 Å². The van der Waals surface area contributed by atoms with Crippen LogP contribution in [0.5, 0.6) is 0 Å². The maximum absolute atomic E-state index is 12.8. The third kappa shape index (κ3) is 4.20. The zero-order chi connectivity index (χ0) is 17.9. The van der Waals surface area contributed by atoms with Crippen LogP contribution in [0.2, 0.25) is 0 Å². The van der Waals surface area contributed by atoms with E-state index in [9.17, 15) is 14.4 Å². The highest BCUT2D eigenvalue weighted by Crippen LogP contribution is 2.31. The summed E-state index contributed by atoms with van der Waals surface area (Å²) in [5, 5.41) is -0.817. The first kappa shape index (κ1) is 19.0. The molecule has 2 fully saturated rings. The highest BCUT2D eigenvalue weighted by atomic mass is 32.2. The van der Waals surface area contributed by atoms with Crippen LogP contribution in [0.15, 0.2) is 0 Å². The van der Waals surface area contributed by atoms with Gasteiger partial charge in [0, 0.05) is 18.8 Å². The quantitative estimate of drug-likeness (QED) is 0.633. The Balaban J connectivity index is 2.11. The number of carbonyl (C=O) groups excluding carboxylic acids is 3. The number of nitrogens with zero attached hydrogens (tertiary/aromatic N) is 2. The molecular weight excluding hydrogens is 336 g/mol. The number of rotatable bonds is 4. The van der Waals surface area contributed by atoms with E-state index in [1.807, 2.05) is 18.7 Å². The average molecular weight is 360 g/mol. The van der Waals surface area contributed by atoms with Crippen LogP contribution in [0.4, 0.5) is 0 Å². The predicted molar refractivity (Wildman–Crippen MR) is 87.4 cm³/mol. The van der Waals surface area contributed by atoms with Crippen molar-refractivity contribution in [2.75, 3.05) is 39.6 Å². The number of thioether (sulfide) groups is 1. The number of hydrogen-bond donors (Lipinski definition) is 0. The second-order valence-corrected chi connectivity index (χ2v) is 7.11. The molecule has 0 unspecified atom stereocenters. The summed E-state index contributed by atoms with van der Waals surface area (Å²) in [5.41, 5.74) is 0. The number of ether oxygens (including phenoxy) is 3. The van der Waals surface area contributed by atoms with Crippen LogP contribution in [0.3, 0.4) is 0 Å². The van der Waals surface area contributed by atoms with Crippen LogP contribution in [-0.4, -0.2) is 90.9 Å². The van der Waals surface area contributed by atoms with Gasteiger partial charge in [-0.25, -0.2) is 9.59 Å². The molecular formula is C15H24N2O6S. The summed E-state index contributed by atoms with van der Waals surface area (Å²) in [6, 6.07) is -0.771. The molecule has 2 aliphatic rings. The highest BCUT2D eigenvalue weighted by Gasteiger charge is 2.46. The van der Waals surface area contributed by atoms with E-state index in [1.54, 1.807) is 0 Å². The Bertz CT molecular complexity index is 468. The van der Waals surface area contributed by atoms with Crippen molar-refractivity contribution >= 4 is 29.6 Å². The summed E-state index contributed by atoms with van der Waals surface area (Å²) in [7, 11) is 2.54. The van der Waals surface area contributed by atoms with Crippen molar-refractivity contribution in [3.8, 4) is 0 Å². The number of morpholine rings is 1. The molecule has 24 heavy (non-hydrogen) atoms. The van der Waals surface area contributed by atoms with Gasteiger partial charge < -0.3 is 19.1 Å². The standard InChI is InChI=1S/C15H24N2O6S/c1-9-5-16(6-10(2)23-9)7-12(18)17-11(14(19)21-3)8-24-13(17)15(20)22-4/h9-11,13H,5-8H2,1-4H3/t9-,10+,11-,13+/m0/s1. The first-order valence-corrected chi connectivity index (χ1v) is 8.88.